The second-order valence-corrected chi connectivity index (χ2v) is 6.59. The Kier molecular flexibility index (Phi) is 5.75. The third-order valence-electron chi connectivity index (χ3n) is 2.22. The van der Waals surface area contributed by atoms with Gasteiger partial charge in [0, 0.05) is 32.4 Å². The molecule has 0 atom stereocenters. The Labute approximate surface area is 111 Å². The zero-order valence-corrected chi connectivity index (χ0v) is 11.9. The molecule has 0 saturated carbocycles. The van der Waals surface area contributed by atoms with Gasteiger partial charge in [0.15, 0.2) is 0 Å². The third kappa shape index (κ3) is 4.74. The van der Waals surface area contributed by atoms with Crippen molar-refractivity contribution in [2.75, 3.05) is 14.2 Å². The lowest BCUT2D eigenvalue weighted by molar-refractivity contribution is -0.136. The monoisotopic (exact) mass is 290 g/mol. The molecule has 1 aromatic carbocycles. The van der Waals surface area contributed by atoms with Crippen molar-refractivity contribution in [1.29, 1.82) is 0 Å². The van der Waals surface area contributed by atoms with E-state index >= 15 is 0 Å². The summed E-state index contributed by atoms with van der Waals surface area (Å²) in [7, 11) is 2.87. The average molecular weight is 290 g/mol. The first kappa shape index (κ1) is 15.1. The van der Waals surface area contributed by atoms with Crippen LogP contribution in [0.2, 0.25) is 0 Å². The summed E-state index contributed by atoms with van der Waals surface area (Å²) in [5.41, 5.74) is 0.924. The van der Waals surface area contributed by atoms with Crippen LogP contribution >= 0.6 is 6.72 Å². The normalized spacial score (nSPS) is 11.2. The van der Waals surface area contributed by atoms with Crippen molar-refractivity contribution >= 4 is 24.5 Å². The Morgan fingerprint density at radius 2 is 1.83 bits per heavy atom. The van der Waals surface area contributed by atoms with E-state index in [1.165, 1.54) is 14.2 Å². The van der Waals surface area contributed by atoms with Crippen LogP contribution in [0.3, 0.4) is 0 Å². The largest absolute Gasteiger partial charge is 0.481 e. The summed E-state index contributed by atoms with van der Waals surface area (Å²) in [6.45, 7) is -2.71. The van der Waals surface area contributed by atoms with Gasteiger partial charge in [-0.3, -0.25) is 4.79 Å². The summed E-state index contributed by atoms with van der Waals surface area (Å²) in [6, 6.07) is 7.03. The Hall–Kier alpha value is -0.940. The molecule has 0 amide bonds. The number of hydrogen-bond acceptors (Lipinski definition) is 5. The van der Waals surface area contributed by atoms with Crippen LogP contribution in [0.25, 0.3) is 0 Å². The molecule has 1 N–H and O–H groups in total. The van der Waals surface area contributed by atoms with Crippen molar-refractivity contribution in [2.24, 2.45) is 0 Å². The summed E-state index contributed by atoms with van der Waals surface area (Å²) < 4.78 is 15.5. The Balaban J connectivity index is 2.65. The van der Waals surface area contributed by atoms with Gasteiger partial charge in [-0.1, -0.05) is 12.1 Å². The van der Waals surface area contributed by atoms with Gasteiger partial charge in [0.1, 0.15) is 5.75 Å². The fraction of sp³-hybridized carbons (Fsp3) is 0.364. The van der Waals surface area contributed by atoms with Crippen molar-refractivity contribution in [3.8, 4) is 5.75 Å². The van der Waals surface area contributed by atoms with Gasteiger partial charge in [0.2, 0.25) is 0 Å². The highest BCUT2D eigenvalue weighted by Crippen LogP contribution is 2.48. The van der Waals surface area contributed by atoms with Crippen LogP contribution in [0.5, 0.6) is 5.75 Å². The summed E-state index contributed by atoms with van der Waals surface area (Å²) >= 11 is 5.07. The smallest absolute Gasteiger partial charge is 0.380 e. The second-order valence-electron chi connectivity index (χ2n) is 3.44. The highest BCUT2D eigenvalue weighted by molar-refractivity contribution is 8.07. The standard InChI is InChI=1S/C11H15O5PS/c1-14-17(18,15-2)16-10-6-3-9(4-7-10)5-8-11(12)13/h3-4,6-7H,5,8H2,1-2H3,(H,12,13). The van der Waals surface area contributed by atoms with Gasteiger partial charge in [-0.2, -0.15) is 0 Å². The molecule has 0 unspecified atom stereocenters. The van der Waals surface area contributed by atoms with E-state index in [0.29, 0.717) is 12.2 Å². The summed E-state index contributed by atoms with van der Waals surface area (Å²) in [5, 5.41) is 8.58. The van der Waals surface area contributed by atoms with Crippen molar-refractivity contribution in [2.45, 2.75) is 12.8 Å². The van der Waals surface area contributed by atoms with E-state index in [0.717, 1.165) is 5.56 Å². The number of carboxylic acid groups (broad SMARTS) is 1. The Morgan fingerprint density at radius 1 is 1.28 bits per heavy atom. The molecule has 0 spiro atoms. The zero-order valence-electron chi connectivity index (χ0n) is 10.2. The van der Waals surface area contributed by atoms with E-state index in [4.69, 9.17) is 30.5 Å². The Morgan fingerprint density at radius 3 is 2.28 bits per heavy atom. The van der Waals surface area contributed by atoms with E-state index in [1.807, 2.05) is 0 Å². The average Bonchev–Trinajstić information content (AvgIpc) is 2.37. The summed E-state index contributed by atoms with van der Waals surface area (Å²) in [4.78, 5) is 10.4. The van der Waals surface area contributed by atoms with Gasteiger partial charge < -0.3 is 18.7 Å². The maximum Gasteiger partial charge on any atom is 0.380 e. The summed E-state index contributed by atoms with van der Waals surface area (Å²) in [5.74, 6) is -0.272. The first-order valence-corrected chi connectivity index (χ1v) is 7.76. The van der Waals surface area contributed by atoms with E-state index in [2.05, 4.69) is 0 Å². The van der Waals surface area contributed by atoms with Gasteiger partial charge >= 0.3 is 12.7 Å². The number of carboxylic acids is 1. The van der Waals surface area contributed by atoms with Crippen molar-refractivity contribution < 1.29 is 23.5 Å². The minimum Gasteiger partial charge on any atom is -0.481 e. The van der Waals surface area contributed by atoms with Crippen molar-refractivity contribution in [3.05, 3.63) is 29.8 Å². The molecule has 0 fully saturated rings. The van der Waals surface area contributed by atoms with Crippen LogP contribution in [0.4, 0.5) is 0 Å². The topological polar surface area (TPSA) is 65.0 Å². The molecule has 0 aliphatic carbocycles. The first-order chi connectivity index (χ1) is 8.49. The number of carbonyl (C=O) groups is 1. The number of aryl methyl sites for hydroxylation is 1. The molecule has 0 radical (unpaired) electrons. The number of rotatable bonds is 7. The molecule has 0 heterocycles. The molecule has 0 aliphatic heterocycles. The SMILES string of the molecule is COP(=S)(OC)Oc1ccc(CCC(=O)O)cc1. The maximum atomic E-state index is 10.4. The highest BCUT2D eigenvalue weighted by Gasteiger charge is 2.18. The number of hydrogen-bond donors (Lipinski definition) is 1. The molecule has 5 nitrogen and oxygen atoms in total. The molecular formula is C11H15O5PS. The second kappa shape index (κ2) is 6.85. The van der Waals surface area contributed by atoms with Crippen LogP contribution in [0.1, 0.15) is 12.0 Å². The lowest BCUT2D eigenvalue weighted by Gasteiger charge is -2.18. The lowest BCUT2D eigenvalue weighted by Crippen LogP contribution is -1.98. The molecule has 18 heavy (non-hydrogen) atoms. The van der Waals surface area contributed by atoms with Gasteiger partial charge in [-0.05, 0) is 24.1 Å². The number of aliphatic carboxylic acids is 1. The van der Waals surface area contributed by atoms with Gasteiger partial charge in [-0.15, -0.1) is 0 Å². The molecule has 100 valence electrons. The van der Waals surface area contributed by atoms with E-state index in [-0.39, 0.29) is 6.42 Å². The third-order valence-corrected chi connectivity index (χ3v) is 4.66. The molecular weight excluding hydrogens is 275 g/mol. The van der Waals surface area contributed by atoms with E-state index < -0.39 is 12.7 Å². The quantitative estimate of drug-likeness (QED) is 0.779. The minimum atomic E-state index is -2.71. The molecule has 0 saturated heterocycles. The van der Waals surface area contributed by atoms with Crippen LogP contribution in [0.15, 0.2) is 24.3 Å². The van der Waals surface area contributed by atoms with Crippen LogP contribution in [-0.4, -0.2) is 25.3 Å². The van der Waals surface area contributed by atoms with E-state index in [1.54, 1.807) is 24.3 Å². The van der Waals surface area contributed by atoms with Crippen molar-refractivity contribution in [1.82, 2.24) is 0 Å². The predicted molar refractivity (Wildman–Crippen MR) is 71.3 cm³/mol. The maximum absolute atomic E-state index is 10.4. The fourth-order valence-electron chi connectivity index (χ4n) is 1.25. The molecule has 1 aromatic rings. The molecule has 0 aromatic heterocycles. The number of benzene rings is 1. The fourth-order valence-corrected chi connectivity index (χ4v) is 2.18. The summed E-state index contributed by atoms with van der Waals surface area (Å²) in [6.07, 6.45) is 0.590. The van der Waals surface area contributed by atoms with Gasteiger partial charge in [-0.25, -0.2) is 0 Å². The molecule has 0 aliphatic rings. The van der Waals surface area contributed by atoms with Crippen LogP contribution in [-0.2, 0) is 32.1 Å². The van der Waals surface area contributed by atoms with Crippen LogP contribution in [0, 0.1) is 0 Å². The van der Waals surface area contributed by atoms with Crippen LogP contribution < -0.4 is 4.52 Å². The molecule has 1 rings (SSSR count). The zero-order chi connectivity index (χ0) is 13.6. The molecule has 7 heteroatoms. The molecule has 0 bridgehead atoms. The first-order valence-electron chi connectivity index (χ1n) is 5.21. The van der Waals surface area contributed by atoms with Gasteiger partial charge in [0.25, 0.3) is 0 Å². The predicted octanol–water partition coefficient (Wildman–Crippen LogP) is 2.60. The van der Waals surface area contributed by atoms with E-state index in [9.17, 15) is 4.79 Å². The van der Waals surface area contributed by atoms with Crippen molar-refractivity contribution in [3.63, 3.8) is 0 Å². The lowest BCUT2D eigenvalue weighted by atomic mass is 10.1. The minimum absolute atomic E-state index is 0.105. The Bertz CT molecular complexity index is 437. The highest BCUT2D eigenvalue weighted by atomic mass is 32.5. The van der Waals surface area contributed by atoms with Gasteiger partial charge in [0.05, 0.1) is 0 Å².